The largest absolute Gasteiger partial charge is 0.490 e. The summed E-state index contributed by atoms with van der Waals surface area (Å²) in [4.78, 5) is 39.5. The van der Waals surface area contributed by atoms with E-state index in [4.69, 9.17) is 19.8 Å². The topological polar surface area (TPSA) is 129 Å². The highest BCUT2D eigenvalue weighted by Gasteiger charge is 2.49. The van der Waals surface area contributed by atoms with Gasteiger partial charge in [0.1, 0.15) is 0 Å². The van der Waals surface area contributed by atoms with Crippen LogP contribution in [-0.4, -0.2) is 79.7 Å². The minimum atomic E-state index is -5.08. The Kier molecular flexibility index (Phi) is 9.83. The normalized spacial score (nSPS) is 19.9. The number of carbonyl (C=O) groups excluding carboxylic acids is 1. The maximum absolute atomic E-state index is 13.1. The van der Waals surface area contributed by atoms with Crippen molar-refractivity contribution in [2.45, 2.75) is 38.2 Å². The minimum absolute atomic E-state index is 0.226. The number of aromatic nitrogens is 3. The van der Waals surface area contributed by atoms with Crippen molar-refractivity contribution in [1.82, 2.24) is 19.7 Å². The number of nitrogens with zero attached hydrogens (tertiary/aromatic N) is 5. The Hall–Kier alpha value is -3.69. The highest BCUT2D eigenvalue weighted by molar-refractivity contribution is 6.00. The summed E-state index contributed by atoms with van der Waals surface area (Å²) in [5, 5.41) is 18.5. The fraction of sp³-hybridized carbons (Fsp3) is 0.500. The van der Waals surface area contributed by atoms with Crippen LogP contribution >= 0.6 is 0 Å². The van der Waals surface area contributed by atoms with E-state index in [1.807, 2.05) is 30.4 Å². The summed E-state index contributed by atoms with van der Waals surface area (Å²) in [5.41, 5.74) is 1.91. The number of rotatable bonds is 3. The fourth-order valence-electron chi connectivity index (χ4n) is 4.11. The SMILES string of the molecule is Cn1cc(N2CCC3(CCCN(Cc4cccnc4)C3)C2=O)cn1.O=C(O)C(F)(F)F.O=C(O)C(F)(F)F. The predicted octanol–water partition coefficient (Wildman–Crippen LogP) is 3.10. The number of amides is 1. The summed E-state index contributed by atoms with van der Waals surface area (Å²) in [7, 11) is 1.88. The molecule has 2 aromatic rings. The Morgan fingerprint density at radius 1 is 1.03 bits per heavy atom. The molecule has 1 spiro atoms. The Morgan fingerprint density at radius 3 is 2.11 bits per heavy atom. The molecule has 2 N–H and O–H groups in total. The fourth-order valence-corrected chi connectivity index (χ4v) is 4.11. The van der Waals surface area contributed by atoms with Gasteiger partial charge in [0.25, 0.3) is 0 Å². The highest BCUT2D eigenvalue weighted by atomic mass is 19.4. The first-order valence-corrected chi connectivity index (χ1v) is 11.1. The predicted molar refractivity (Wildman–Crippen MR) is 119 cm³/mol. The second kappa shape index (κ2) is 12.2. The van der Waals surface area contributed by atoms with Crippen molar-refractivity contribution < 1.29 is 50.9 Å². The van der Waals surface area contributed by atoms with Crippen molar-refractivity contribution in [3.05, 3.63) is 42.5 Å². The number of aliphatic carboxylic acids is 2. The summed E-state index contributed by atoms with van der Waals surface area (Å²) in [6.45, 7) is 3.56. The van der Waals surface area contributed by atoms with E-state index in [2.05, 4.69) is 21.0 Å². The van der Waals surface area contributed by atoms with E-state index in [9.17, 15) is 31.1 Å². The lowest BCUT2D eigenvalue weighted by Gasteiger charge is -2.39. The van der Waals surface area contributed by atoms with Crippen molar-refractivity contribution in [3.8, 4) is 0 Å². The van der Waals surface area contributed by atoms with Crippen molar-refractivity contribution in [2.75, 3.05) is 24.5 Å². The standard InChI is InChI=1S/C18H23N5O.2C2HF3O2/c1-21-13-16(11-20-21)23-9-6-18(17(23)24)5-3-8-22(14-18)12-15-4-2-7-19-10-15;2*3-2(4,5)1(6)7/h2,4,7,10-11,13H,3,5-6,8-9,12,14H2,1H3;2*(H,6,7). The molecule has 210 valence electrons. The zero-order chi connectivity index (χ0) is 28.7. The average molecular weight is 553 g/mol. The molecule has 1 unspecified atom stereocenters. The van der Waals surface area contributed by atoms with Crippen LogP contribution in [0.5, 0.6) is 0 Å². The molecular formula is C22H25F6N5O5. The molecule has 0 aromatic carbocycles. The van der Waals surface area contributed by atoms with Gasteiger partial charge in [-0.3, -0.25) is 19.4 Å². The lowest BCUT2D eigenvalue weighted by atomic mass is 9.78. The summed E-state index contributed by atoms with van der Waals surface area (Å²) >= 11 is 0. The molecule has 2 aliphatic rings. The Morgan fingerprint density at radius 2 is 1.63 bits per heavy atom. The van der Waals surface area contributed by atoms with Crippen LogP contribution in [-0.2, 0) is 28.0 Å². The zero-order valence-electron chi connectivity index (χ0n) is 20.0. The van der Waals surface area contributed by atoms with Crippen molar-refractivity contribution in [3.63, 3.8) is 0 Å². The third-order valence-corrected chi connectivity index (χ3v) is 5.79. The molecule has 10 nitrogen and oxygen atoms in total. The molecule has 0 bridgehead atoms. The summed E-state index contributed by atoms with van der Waals surface area (Å²) < 4.78 is 65.2. The van der Waals surface area contributed by atoms with Crippen molar-refractivity contribution >= 4 is 23.5 Å². The molecule has 0 saturated carbocycles. The number of hydrogen-bond donors (Lipinski definition) is 2. The second-order valence-corrected chi connectivity index (χ2v) is 8.64. The quantitative estimate of drug-likeness (QED) is 0.555. The molecule has 0 aliphatic carbocycles. The summed E-state index contributed by atoms with van der Waals surface area (Å²) in [6, 6.07) is 4.08. The molecule has 2 fully saturated rings. The number of likely N-dealkylation sites (tertiary alicyclic amines) is 1. The van der Waals surface area contributed by atoms with Gasteiger partial charge in [-0.25, -0.2) is 9.59 Å². The van der Waals surface area contributed by atoms with Crippen molar-refractivity contribution in [1.29, 1.82) is 0 Å². The molecule has 2 aromatic heterocycles. The Labute approximate surface area is 212 Å². The number of carboxylic acids is 2. The van der Waals surface area contributed by atoms with Gasteiger partial charge in [-0.2, -0.15) is 31.4 Å². The Bertz CT molecular complexity index is 1080. The maximum atomic E-state index is 13.1. The number of aryl methyl sites for hydroxylation is 1. The van der Waals surface area contributed by atoms with E-state index in [1.165, 1.54) is 5.56 Å². The molecule has 2 aliphatic heterocycles. The number of alkyl halides is 6. The second-order valence-electron chi connectivity index (χ2n) is 8.64. The van der Waals surface area contributed by atoms with Crippen LogP contribution in [0.1, 0.15) is 24.8 Å². The minimum Gasteiger partial charge on any atom is -0.475 e. The first-order valence-electron chi connectivity index (χ1n) is 11.1. The van der Waals surface area contributed by atoms with Gasteiger partial charge in [-0.1, -0.05) is 6.07 Å². The van der Waals surface area contributed by atoms with Gasteiger partial charge in [-0.15, -0.1) is 0 Å². The van der Waals surface area contributed by atoms with E-state index < -0.39 is 24.3 Å². The smallest absolute Gasteiger partial charge is 0.475 e. The van der Waals surface area contributed by atoms with Crippen LogP contribution in [0.2, 0.25) is 0 Å². The van der Waals surface area contributed by atoms with Gasteiger partial charge in [-0.05, 0) is 37.4 Å². The molecule has 0 radical (unpaired) electrons. The summed E-state index contributed by atoms with van der Waals surface area (Å²) in [5.74, 6) is -5.24. The van der Waals surface area contributed by atoms with Crippen LogP contribution in [0.4, 0.5) is 32.0 Å². The molecule has 16 heteroatoms. The molecule has 4 heterocycles. The maximum Gasteiger partial charge on any atom is 0.490 e. The Balaban J connectivity index is 0.000000301. The van der Waals surface area contributed by atoms with Gasteiger partial charge in [0.15, 0.2) is 0 Å². The lowest BCUT2D eigenvalue weighted by Crippen LogP contribution is -2.47. The van der Waals surface area contributed by atoms with Gasteiger partial charge in [0.05, 0.1) is 17.3 Å². The molecule has 1 amide bonds. The van der Waals surface area contributed by atoms with Gasteiger partial charge in [0.2, 0.25) is 5.91 Å². The van der Waals surface area contributed by atoms with Gasteiger partial charge in [0, 0.05) is 45.3 Å². The first kappa shape index (κ1) is 30.5. The third kappa shape index (κ3) is 8.43. The van der Waals surface area contributed by atoms with Crippen LogP contribution in [0.25, 0.3) is 0 Å². The molecule has 1 atom stereocenters. The number of pyridine rings is 1. The number of carboxylic acid groups (broad SMARTS) is 2. The summed E-state index contributed by atoms with van der Waals surface area (Å²) in [6.07, 6.45) is 0.261. The third-order valence-electron chi connectivity index (χ3n) is 5.79. The van der Waals surface area contributed by atoms with Gasteiger partial charge < -0.3 is 15.1 Å². The van der Waals surface area contributed by atoms with Crippen LogP contribution in [0.3, 0.4) is 0 Å². The molecule has 4 rings (SSSR count). The highest BCUT2D eigenvalue weighted by Crippen LogP contribution is 2.42. The number of anilines is 1. The average Bonchev–Trinajstić information content (AvgIpc) is 3.37. The monoisotopic (exact) mass is 553 g/mol. The van der Waals surface area contributed by atoms with E-state index in [0.29, 0.717) is 0 Å². The molecular weight excluding hydrogens is 528 g/mol. The van der Waals surface area contributed by atoms with Gasteiger partial charge >= 0.3 is 24.3 Å². The van der Waals surface area contributed by atoms with Crippen LogP contribution < -0.4 is 4.90 Å². The van der Waals surface area contributed by atoms with E-state index in [-0.39, 0.29) is 11.3 Å². The lowest BCUT2D eigenvalue weighted by molar-refractivity contribution is -0.193. The number of halogens is 6. The first-order chi connectivity index (χ1) is 17.5. The molecule has 2 saturated heterocycles. The number of carbonyl (C=O) groups is 3. The number of piperidine rings is 1. The van der Waals surface area contributed by atoms with Crippen LogP contribution in [0, 0.1) is 5.41 Å². The van der Waals surface area contributed by atoms with Crippen molar-refractivity contribution in [2.24, 2.45) is 12.5 Å². The zero-order valence-corrected chi connectivity index (χ0v) is 20.0. The van der Waals surface area contributed by atoms with Crippen LogP contribution in [0.15, 0.2) is 36.9 Å². The number of hydrogen-bond acceptors (Lipinski definition) is 6. The molecule has 38 heavy (non-hydrogen) atoms. The van der Waals surface area contributed by atoms with E-state index >= 15 is 0 Å². The van der Waals surface area contributed by atoms with E-state index in [0.717, 1.165) is 51.1 Å². The van der Waals surface area contributed by atoms with E-state index in [1.54, 1.807) is 17.1 Å².